The number of hydrogen-bond donors (Lipinski definition) is 1. The van der Waals surface area contributed by atoms with E-state index in [4.69, 9.17) is 37.4 Å². The summed E-state index contributed by atoms with van der Waals surface area (Å²) >= 11 is 11.9. The van der Waals surface area contributed by atoms with Crippen molar-refractivity contribution in [3.63, 3.8) is 0 Å². The quantitative estimate of drug-likeness (QED) is 0.426. The molecule has 2 aromatic rings. The zero-order chi connectivity index (χ0) is 19.8. The average molecular weight is 411 g/mol. The molecular weight excluding hydrogens is 395 g/mol. The molecule has 2 rings (SSSR count). The Labute approximate surface area is 165 Å². The number of pyridine rings is 1. The number of amides is 1. The van der Waals surface area contributed by atoms with Gasteiger partial charge in [-0.1, -0.05) is 23.2 Å². The van der Waals surface area contributed by atoms with Gasteiger partial charge in [0.2, 0.25) is 0 Å². The van der Waals surface area contributed by atoms with Gasteiger partial charge in [-0.25, -0.2) is 9.78 Å². The van der Waals surface area contributed by atoms with Crippen LogP contribution in [0.1, 0.15) is 5.56 Å². The zero-order valence-electron chi connectivity index (χ0n) is 14.5. The molecule has 0 fully saturated rings. The molecule has 0 atom stereocenters. The van der Waals surface area contributed by atoms with Gasteiger partial charge in [-0.3, -0.25) is 4.79 Å². The third-order valence-electron chi connectivity index (χ3n) is 3.25. The molecule has 9 heteroatoms. The number of nitrogens with one attached hydrogen (secondary N) is 1. The van der Waals surface area contributed by atoms with Crippen molar-refractivity contribution in [3.05, 3.63) is 52.3 Å². The summed E-state index contributed by atoms with van der Waals surface area (Å²) in [6.07, 6.45) is 4.14. The van der Waals surface area contributed by atoms with Crippen LogP contribution in [0.15, 0.2) is 36.5 Å². The highest BCUT2D eigenvalue weighted by Crippen LogP contribution is 2.36. The molecule has 27 heavy (non-hydrogen) atoms. The predicted molar refractivity (Wildman–Crippen MR) is 102 cm³/mol. The van der Waals surface area contributed by atoms with Gasteiger partial charge in [-0.2, -0.15) is 0 Å². The number of esters is 1. The zero-order valence-corrected chi connectivity index (χ0v) is 16.0. The second kappa shape index (κ2) is 9.80. The highest BCUT2D eigenvalue weighted by molar-refractivity contribution is 6.32. The van der Waals surface area contributed by atoms with Gasteiger partial charge in [0.15, 0.2) is 23.3 Å². The smallest absolute Gasteiger partial charge is 0.331 e. The molecule has 7 nitrogen and oxygen atoms in total. The van der Waals surface area contributed by atoms with Crippen LogP contribution in [0.3, 0.4) is 0 Å². The van der Waals surface area contributed by atoms with Crippen LogP contribution in [0.4, 0.5) is 5.69 Å². The first-order chi connectivity index (χ1) is 12.9. The topological polar surface area (TPSA) is 86.8 Å². The fraction of sp³-hybridized carbons (Fsp3) is 0.167. The molecule has 1 heterocycles. The van der Waals surface area contributed by atoms with Gasteiger partial charge in [0, 0.05) is 12.3 Å². The van der Waals surface area contributed by atoms with Gasteiger partial charge in [-0.15, -0.1) is 0 Å². The number of methoxy groups -OCH3 is 2. The molecule has 0 saturated carbocycles. The van der Waals surface area contributed by atoms with Crippen molar-refractivity contribution in [3.8, 4) is 11.5 Å². The van der Waals surface area contributed by atoms with E-state index in [-0.39, 0.29) is 5.15 Å². The highest BCUT2D eigenvalue weighted by Gasteiger charge is 2.11. The molecule has 0 aliphatic rings. The lowest BCUT2D eigenvalue weighted by Crippen LogP contribution is -2.20. The van der Waals surface area contributed by atoms with E-state index in [9.17, 15) is 9.59 Å². The summed E-state index contributed by atoms with van der Waals surface area (Å²) in [5.41, 5.74) is 0.928. The molecule has 0 aliphatic carbocycles. The number of nitrogens with zero attached hydrogens (tertiary/aromatic N) is 1. The minimum Gasteiger partial charge on any atom is -0.493 e. The van der Waals surface area contributed by atoms with Crippen molar-refractivity contribution >= 4 is 46.8 Å². The molecule has 0 aliphatic heterocycles. The van der Waals surface area contributed by atoms with E-state index < -0.39 is 18.5 Å². The average Bonchev–Trinajstić information content (AvgIpc) is 2.66. The maximum atomic E-state index is 11.8. The van der Waals surface area contributed by atoms with Crippen LogP contribution >= 0.6 is 23.2 Å². The fourth-order valence-electron chi connectivity index (χ4n) is 2.05. The number of ether oxygens (including phenoxy) is 3. The van der Waals surface area contributed by atoms with Crippen molar-refractivity contribution in [2.45, 2.75) is 0 Å². The third kappa shape index (κ3) is 5.87. The first kappa shape index (κ1) is 20.5. The van der Waals surface area contributed by atoms with E-state index in [1.165, 1.54) is 32.6 Å². The van der Waals surface area contributed by atoms with E-state index in [1.807, 2.05) is 0 Å². The van der Waals surface area contributed by atoms with Gasteiger partial charge in [0.25, 0.3) is 5.91 Å². The lowest BCUT2D eigenvalue weighted by molar-refractivity contribution is -0.142. The van der Waals surface area contributed by atoms with Crippen molar-refractivity contribution in [1.82, 2.24) is 4.98 Å². The summed E-state index contributed by atoms with van der Waals surface area (Å²) in [7, 11) is 2.95. The number of carbonyl (C=O) groups is 2. The third-order valence-corrected chi connectivity index (χ3v) is 3.83. The number of anilines is 1. The Morgan fingerprint density at radius 3 is 2.67 bits per heavy atom. The van der Waals surface area contributed by atoms with Crippen LogP contribution in [0.2, 0.25) is 10.2 Å². The monoisotopic (exact) mass is 410 g/mol. The van der Waals surface area contributed by atoms with Crippen LogP contribution in [0, 0.1) is 0 Å². The van der Waals surface area contributed by atoms with Crippen molar-refractivity contribution in [1.29, 1.82) is 0 Å². The van der Waals surface area contributed by atoms with Crippen LogP contribution in [-0.4, -0.2) is 37.7 Å². The maximum Gasteiger partial charge on any atom is 0.331 e. The summed E-state index contributed by atoms with van der Waals surface area (Å²) < 4.78 is 15.2. The molecule has 1 aromatic heterocycles. The minimum atomic E-state index is -0.701. The number of halogens is 2. The minimum absolute atomic E-state index is 0.141. The Bertz CT molecular complexity index is 871. The molecule has 1 N–H and O–H groups in total. The van der Waals surface area contributed by atoms with Crippen LogP contribution < -0.4 is 14.8 Å². The number of benzene rings is 1. The second-order valence-corrected chi connectivity index (χ2v) is 5.83. The van der Waals surface area contributed by atoms with Gasteiger partial charge in [-0.05, 0) is 35.9 Å². The first-order valence-corrected chi connectivity index (χ1v) is 8.37. The van der Waals surface area contributed by atoms with Crippen LogP contribution in [-0.2, 0) is 14.3 Å². The fourth-order valence-corrected chi connectivity index (χ4v) is 2.51. The lowest BCUT2D eigenvalue weighted by atomic mass is 10.2. The number of hydrogen-bond acceptors (Lipinski definition) is 6. The molecule has 0 saturated heterocycles. The predicted octanol–water partition coefficient (Wildman–Crippen LogP) is 3.60. The summed E-state index contributed by atoms with van der Waals surface area (Å²) in [5.74, 6) is -0.426. The van der Waals surface area contributed by atoms with Crippen molar-refractivity contribution in [2.75, 3.05) is 26.1 Å². The van der Waals surface area contributed by atoms with Gasteiger partial charge in [0.1, 0.15) is 0 Å². The molecule has 1 aromatic carbocycles. The lowest BCUT2D eigenvalue weighted by Gasteiger charge is -2.10. The Morgan fingerprint density at radius 1 is 1.22 bits per heavy atom. The Kier molecular flexibility index (Phi) is 7.45. The maximum absolute atomic E-state index is 11.8. The van der Waals surface area contributed by atoms with Crippen molar-refractivity contribution < 1.29 is 23.8 Å². The van der Waals surface area contributed by atoms with Gasteiger partial charge < -0.3 is 19.5 Å². The molecule has 142 valence electrons. The first-order valence-electron chi connectivity index (χ1n) is 7.61. The second-order valence-electron chi connectivity index (χ2n) is 5.07. The molecule has 0 unspecified atom stereocenters. The summed E-state index contributed by atoms with van der Waals surface area (Å²) in [6, 6.07) is 6.44. The van der Waals surface area contributed by atoms with E-state index in [0.29, 0.717) is 27.8 Å². The van der Waals surface area contributed by atoms with Gasteiger partial charge in [0.05, 0.1) is 24.9 Å². The number of carbonyl (C=O) groups excluding carboxylic acids is 2. The van der Waals surface area contributed by atoms with Crippen LogP contribution in [0.5, 0.6) is 11.5 Å². The Balaban J connectivity index is 1.93. The van der Waals surface area contributed by atoms with E-state index in [1.54, 1.807) is 24.3 Å². The van der Waals surface area contributed by atoms with E-state index in [0.717, 1.165) is 0 Å². The number of aromatic nitrogens is 1. The molecular formula is C18H16Cl2N2O5. The van der Waals surface area contributed by atoms with Crippen molar-refractivity contribution in [2.24, 2.45) is 0 Å². The van der Waals surface area contributed by atoms with E-state index >= 15 is 0 Å². The highest BCUT2D eigenvalue weighted by atomic mass is 35.5. The number of rotatable bonds is 7. The molecule has 0 bridgehead atoms. The van der Waals surface area contributed by atoms with E-state index in [2.05, 4.69) is 10.3 Å². The molecule has 0 spiro atoms. The standard InChI is InChI=1S/C18H16Cl2N2O5/c1-25-14-9-11(8-12(19)17(14)26-2)5-6-16(24)27-10-15(23)22-13-4-3-7-21-18(13)20/h3-9H,10H2,1-2H3,(H,22,23). The molecule has 1 amide bonds. The normalized spacial score (nSPS) is 10.5. The van der Waals surface area contributed by atoms with Gasteiger partial charge >= 0.3 is 5.97 Å². The van der Waals surface area contributed by atoms with Crippen LogP contribution in [0.25, 0.3) is 6.08 Å². The summed E-state index contributed by atoms with van der Waals surface area (Å²) in [6.45, 7) is -0.471. The largest absolute Gasteiger partial charge is 0.493 e. The molecule has 0 radical (unpaired) electrons. The summed E-state index contributed by atoms with van der Waals surface area (Å²) in [5, 5.41) is 2.96. The Morgan fingerprint density at radius 2 is 2.00 bits per heavy atom. The SMILES string of the molecule is COc1cc(C=CC(=O)OCC(=O)Nc2cccnc2Cl)cc(Cl)c1OC. The summed E-state index contributed by atoms with van der Waals surface area (Å²) in [4.78, 5) is 27.4. The Hall–Kier alpha value is -2.77.